The molecule has 2 aliphatic rings. The molecule has 0 aliphatic carbocycles. The average molecular weight is 357 g/mol. The molecule has 4 rings (SSSR count). The Labute approximate surface area is 146 Å². The number of hydrogen-bond acceptors (Lipinski definition) is 4. The zero-order valence-electron chi connectivity index (χ0n) is 13.6. The van der Waals surface area contributed by atoms with E-state index >= 15 is 0 Å². The Hall–Kier alpha value is -2.22. The van der Waals surface area contributed by atoms with Crippen molar-refractivity contribution in [1.29, 1.82) is 0 Å². The molecule has 0 bridgehead atoms. The second-order valence-corrected chi connectivity index (χ2v) is 8.12. The van der Waals surface area contributed by atoms with E-state index < -0.39 is 10.0 Å². The summed E-state index contributed by atoms with van der Waals surface area (Å²) in [6.45, 7) is 2.48. The van der Waals surface area contributed by atoms with Gasteiger partial charge in [-0.1, -0.05) is 24.3 Å². The fourth-order valence-electron chi connectivity index (χ4n) is 3.28. The van der Waals surface area contributed by atoms with Crippen molar-refractivity contribution in [2.45, 2.75) is 31.0 Å². The first-order chi connectivity index (χ1) is 12.0. The van der Waals surface area contributed by atoms with Crippen LogP contribution in [0, 0.1) is 0 Å². The van der Waals surface area contributed by atoms with Gasteiger partial charge in [-0.2, -0.15) is 0 Å². The molecule has 0 unspecified atom stereocenters. The number of fused-ring (bicyclic) bond motifs is 2. The maximum atomic E-state index is 12.6. The monoisotopic (exact) mass is 357 g/mol. The smallest absolute Gasteiger partial charge is 0.251 e. The van der Waals surface area contributed by atoms with E-state index in [4.69, 9.17) is 0 Å². The van der Waals surface area contributed by atoms with E-state index in [1.54, 1.807) is 12.1 Å². The summed E-state index contributed by atoms with van der Waals surface area (Å²) in [6.07, 6.45) is 0.720. The first-order valence-corrected chi connectivity index (χ1v) is 9.73. The van der Waals surface area contributed by atoms with Gasteiger partial charge in [-0.05, 0) is 40.8 Å². The highest BCUT2D eigenvalue weighted by Crippen LogP contribution is 2.20. The van der Waals surface area contributed by atoms with E-state index in [0.717, 1.165) is 30.6 Å². The molecule has 0 aromatic heterocycles. The van der Waals surface area contributed by atoms with E-state index in [-0.39, 0.29) is 17.3 Å². The van der Waals surface area contributed by atoms with Crippen LogP contribution < -0.4 is 15.4 Å². The highest BCUT2D eigenvalue weighted by atomic mass is 32.2. The van der Waals surface area contributed by atoms with Crippen LogP contribution in [-0.4, -0.2) is 20.9 Å². The lowest BCUT2D eigenvalue weighted by Gasteiger charge is -2.17. The summed E-state index contributed by atoms with van der Waals surface area (Å²) in [5, 5.41) is 6.01. The van der Waals surface area contributed by atoms with Crippen LogP contribution in [0.25, 0.3) is 0 Å². The Balaban J connectivity index is 1.54. The lowest BCUT2D eigenvalue weighted by molar-refractivity contribution is 0.0945. The zero-order valence-corrected chi connectivity index (χ0v) is 14.4. The number of nitrogens with one attached hydrogen (secondary N) is 3. The zero-order chi connectivity index (χ0) is 17.4. The van der Waals surface area contributed by atoms with Gasteiger partial charge in [0.15, 0.2) is 0 Å². The van der Waals surface area contributed by atoms with E-state index in [0.29, 0.717) is 12.1 Å². The Morgan fingerprint density at radius 1 is 1.00 bits per heavy atom. The van der Waals surface area contributed by atoms with Crippen molar-refractivity contribution in [2.75, 3.05) is 6.54 Å². The molecule has 0 radical (unpaired) electrons. The number of hydrogen-bond donors (Lipinski definition) is 3. The molecule has 6 nitrogen and oxygen atoms in total. The molecule has 25 heavy (non-hydrogen) atoms. The Morgan fingerprint density at radius 2 is 1.80 bits per heavy atom. The second kappa shape index (κ2) is 6.25. The van der Waals surface area contributed by atoms with Gasteiger partial charge in [-0.25, -0.2) is 13.1 Å². The summed E-state index contributed by atoms with van der Waals surface area (Å²) < 4.78 is 27.8. The predicted molar refractivity (Wildman–Crippen MR) is 93.5 cm³/mol. The van der Waals surface area contributed by atoms with Gasteiger partial charge in [0.2, 0.25) is 10.0 Å². The minimum atomic E-state index is -3.68. The number of benzene rings is 2. The molecule has 2 aliphatic heterocycles. The Kier molecular flexibility index (Phi) is 4.07. The third-order valence-corrected chi connectivity index (χ3v) is 6.08. The summed E-state index contributed by atoms with van der Waals surface area (Å²) in [6, 6.07) is 10.7. The van der Waals surface area contributed by atoms with Gasteiger partial charge in [0.05, 0.1) is 4.90 Å². The summed E-state index contributed by atoms with van der Waals surface area (Å²) in [5.41, 5.74) is 4.71. The van der Waals surface area contributed by atoms with Crippen LogP contribution in [0.4, 0.5) is 0 Å². The van der Waals surface area contributed by atoms with E-state index in [9.17, 15) is 13.2 Å². The van der Waals surface area contributed by atoms with Crippen LogP contribution in [0.15, 0.2) is 41.3 Å². The number of carbonyl (C=O) groups excluding carboxylic acids is 1. The predicted octanol–water partition coefficient (Wildman–Crippen LogP) is 1.05. The van der Waals surface area contributed by atoms with Crippen molar-refractivity contribution in [2.24, 2.45) is 0 Å². The Bertz CT molecular complexity index is 954. The molecule has 1 amide bonds. The molecule has 2 aromatic carbocycles. The van der Waals surface area contributed by atoms with Gasteiger partial charge in [0.25, 0.3) is 5.91 Å². The topological polar surface area (TPSA) is 87.3 Å². The number of sulfonamides is 1. The average Bonchev–Trinajstić information content (AvgIpc) is 3.08. The summed E-state index contributed by atoms with van der Waals surface area (Å²) in [4.78, 5) is 12.0. The van der Waals surface area contributed by atoms with Crippen molar-refractivity contribution in [3.05, 3.63) is 64.2 Å². The highest BCUT2D eigenvalue weighted by Gasteiger charge is 2.21. The summed E-state index contributed by atoms with van der Waals surface area (Å²) >= 11 is 0. The number of amides is 1. The molecule has 0 atom stereocenters. The fourth-order valence-corrected chi connectivity index (χ4v) is 4.32. The highest BCUT2D eigenvalue weighted by molar-refractivity contribution is 7.89. The molecule has 0 spiro atoms. The molecule has 0 saturated heterocycles. The summed E-state index contributed by atoms with van der Waals surface area (Å²) in [7, 11) is -3.68. The lowest BCUT2D eigenvalue weighted by Crippen LogP contribution is -2.32. The lowest BCUT2D eigenvalue weighted by atomic mass is 10.0. The Morgan fingerprint density at radius 3 is 2.68 bits per heavy atom. The van der Waals surface area contributed by atoms with Crippen molar-refractivity contribution >= 4 is 15.9 Å². The largest absolute Gasteiger partial charge is 0.352 e. The van der Waals surface area contributed by atoms with E-state index in [1.807, 2.05) is 18.2 Å². The van der Waals surface area contributed by atoms with Crippen LogP contribution in [0.3, 0.4) is 0 Å². The van der Waals surface area contributed by atoms with Crippen molar-refractivity contribution in [3.8, 4) is 0 Å². The molecule has 2 aromatic rings. The van der Waals surface area contributed by atoms with Gasteiger partial charge >= 0.3 is 0 Å². The second-order valence-electron chi connectivity index (χ2n) is 6.36. The minimum absolute atomic E-state index is 0.117. The van der Waals surface area contributed by atoms with Gasteiger partial charge in [-0.15, -0.1) is 0 Å². The normalized spacial score (nSPS) is 16.2. The molecule has 130 valence electrons. The quantitative estimate of drug-likeness (QED) is 0.763. The molecule has 3 N–H and O–H groups in total. The van der Waals surface area contributed by atoms with E-state index in [2.05, 4.69) is 15.4 Å². The van der Waals surface area contributed by atoms with Crippen molar-refractivity contribution in [1.82, 2.24) is 15.4 Å². The molecule has 7 heteroatoms. The van der Waals surface area contributed by atoms with Crippen LogP contribution >= 0.6 is 0 Å². The maximum absolute atomic E-state index is 12.6. The molecule has 0 fully saturated rings. The van der Waals surface area contributed by atoms with Gasteiger partial charge in [0, 0.05) is 31.7 Å². The standard InChI is InChI=1S/C18H19N3O3S/c22-18-17-8-16(4-3-13(17)5-6-20-18)25(23,24)21-9-12-1-2-14-10-19-11-15(14)7-12/h1-4,7-8,19,21H,5-6,9-11H2,(H,20,22). The third-order valence-electron chi connectivity index (χ3n) is 4.68. The SMILES string of the molecule is O=C1NCCc2ccc(S(=O)(=O)NCc3ccc4c(c3)CNC4)cc21. The first-order valence-electron chi connectivity index (χ1n) is 8.25. The van der Waals surface area contributed by atoms with Crippen LogP contribution in [0.5, 0.6) is 0 Å². The van der Waals surface area contributed by atoms with Crippen LogP contribution in [0.2, 0.25) is 0 Å². The van der Waals surface area contributed by atoms with Crippen LogP contribution in [0.1, 0.15) is 32.6 Å². The molecule has 0 saturated carbocycles. The third kappa shape index (κ3) is 3.18. The van der Waals surface area contributed by atoms with Crippen LogP contribution in [-0.2, 0) is 36.1 Å². The minimum Gasteiger partial charge on any atom is -0.352 e. The number of carbonyl (C=O) groups is 1. The van der Waals surface area contributed by atoms with Crippen molar-refractivity contribution < 1.29 is 13.2 Å². The van der Waals surface area contributed by atoms with Gasteiger partial charge in [-0.3, -0.25) is 4.79 Å². The molecular weight excluding hydrogens is 338 g/mol. The first kappa shape index (κ1) is 16.3. The molecule has 2 heterocycles. The fraction of sp³-hybridized carbons (Fsp3) is 0.278. The maximum Gasteiger partial charge on any atom is 0.251 e. The number of rotatable bonds is 4. The van der Waals surface area contributed by atoms with Gasteiger partial charge in [0.1, 0.15) is 0 Å². The molecular formula is C18H19N3O3S. The van der Waals surface area contributed by atoms with Gasteiger partial charge < -0.3 is 10.6 Å². The van der Waals surface area contributed by atoms with Crippen molar-refractivity contribution in [3.63, 3.8) is 0 Å². The summed E-state index contributed by atoms with van der Waals surface area (Å²) in [5.74, 6) is -0.218. The van der Waals surface area contributed by atoms with E-state index in [1.165, 1.54) is 17.2 Å².